The van der Waals surface area contributed by atoms with E-state index in [0.29, 0.717) is 5.11 Å². The maximum Gasteiger partial charge on any atom is 0.187 e. The van der Waals surface area contributed by atoms with Crippen LogP contribution in [0.1, 0.15) is 22.9 Å². The molecule has 2 aromatic rings. The average molecular weight is 287 g/mol. The van der Waals surface area contributed by atoms with Crippen molar-refractivity contribution in [3.63, 3.8) is 0 Å². The summed E-state index contributed by atoms with van der Waals surface area (Å²) in [4.78, 5) is 1.18. The molecule has 1 aromatic carbocycles. The Hall–Kier alpha value is -1.72. The van der Waals surface area contributed by atoms with Crippen molar-refractivity contribution in [1.82, 2.24) is 5.01 Å². The summed E-state index contributed by atoms with van der Waals surface area (Å²) in [6.07, 6.45) is 0.835. The maximum absolute atomic E-state index is 5.79. The van der Waals surface area contributed by atoms with Crippen LogP contribution in [0.15, 0.2) is 52.9 Å². The Labute approximate surface area is 121 Å². The first-order valence-electron chi connectivity index (χ1n) is 6.00. The number of hydrogen-bond donors (Lipinski definition) is 1. The minimum Gasteiger partial charge on any atom is -0.375 e. The number of benzene rings is 1. The topological polar surface area (TPSA) is 41.6 Å². The Morgan fingerprint density at radius 1 is 1.26 bits per heavy atom. The molecule has 1 aromatic heterocycles. The molecular formula is C14H13N3S2. The molecule has 0 spiro atoms. The van der Waals surface area contributed by atoms with Crippen molar-refractivity contribution < 1.29 is 0 Å². The Balaban J connectivity index is 1.94. The summed E-state index contributed by atoms with van der Waals surface area (Å²) in [6, 6.07) is 14.4. The second-order valence-electron chi connectivity index (χ2n) is 4.34. The molecule has 3 rings (SSSR count). The predicted octanol–water partition coefficient (Wildman–Crippen LogP) is 3.14. The van der Waals surface area contributed by atoms with Gasteiger partial charge in [0.05, 0.1) is 16.6 Å². The largest absolute Gasteiger partial charge is 0.375 e. The van der Waals surface area contributed by atoms with E-state index in [-0.39, 0.29) is 6.04 Å². The summed E-state index contributed by atoms with van der Waals surface area (Å²) in [6.45, 7) is 0. The molecule has 19 heavy (non-hydrogen) atoms. The van der Waals surface area contributed by atoms with Crippen molar-refractivity contribution in [2.45, 2.75) is 12.5 Å². The highest BCUT2D eigenvalue weighted by Gasteiger charge is 2.30. The highest BCUT2D eigenvalue weighted by molar-refractivity contribution is 7.80. The molecule has 3 nitrogen and oxygen atoms in total. The highest BCUT2D eigenvalue weighted by atomic mass is 32.1. The summed E-state index contributed by atoms with van der Waals surface area (Å²) >= 11 is 6.80. The van der Waals surface area contributed by atoms with E-state index in [2.05, 4.69) is 28.7 Å². The number of thiophene rings is 1. The zero-order chi connectivity index (χ0) is 13.2. The lowest BCUT2D eigenvalue weighted by atomic mass is 10.0. The Morgan fingerprint density at radius 3 is 2.68 bits per heavy atom. The minimum atomic E-state index is 0.107. The Kier molecular flexibility index (Phi) is 3.31. The smallest absolute Gasteiger partial charge is 0.187 e. The molecule has 2 N–H and O–H groups in total. The van der Waals surface area contributed by atoms with E-state index >= 15 is 0 Å². The third-order valence-corrected chi connectivity index (χ3v) is 4.23. The summed E-state index contributed by atoms with van der Waals surface area (Å²) in [5.41, 5.74) is 8.03. The van der Waals surface area contributed by atoms with Crippen LogP contribution in [0.5, 0.6) is 0 Å². The molecule has 0 amide bonds. The normalized spacial score (nSPS) is 18.4. The number of thiocarbonyl (C=S) groups is 1. The molecule has 0 bridgehead atoms. The van der Waals surface area contributed by atoms with Crippen LogP contribution in [0.3, 0.4) is 0 Å². The molecular weight excluding hydrogens is 274 g/mol. The molecule has 0 saturated heterocycles. The number of hydrogen-bond acceptors (Lipinski definition) is 3. The van der Waals surface area contributed by atoms with Gasteiger partial charge in [0.15, 0.2) is 5.11 Å². The molecule has 0 saturated carbocycles. The third-order valence-electron chi connectivity index (χ3n) is 3.13. The lowest BCUT2D eigenvalue weighted by Gasteiger charge is -2.21. The van der Waals surface area contributed by atoms with Crippen molar-refractivity contribution >= 4 is 34.4 Å². The monoisotopic (exact) mass is 287 g/mol. The highest BCUT2D eigenvalue weighted by Crippen LogP contribution is 2.33. The molecule has 1 atom stereocenters. The number of rotatable bonds is 2. The van der Waals surface area contributed by atoms with Gasteiger partial charge < -0.3 is 5.73 Å². The lowest BCUT2D eigenvalue weighted by molar-refractivity contribution is 0.373. The first-order valence-corrected chi connectivity index (χ1v) is 7.29. The molecule has 2 heterocycles. The second-order valence-corrected chi connectivity index (χ2v) is 5.70. The maximum atomic E-state index is 5.79. The van der Waals surface area contributed by atoms with E-state index < -0.39 is 0 Å². The zero-order valence-electron chi connectivity index (χ0n) is 10.2. The van der Waals surface area contributed by atoms with E-state index in [9.17, 15) is 0 Å². The zero-order valence-corrected chi connectivity index (χ0v) is 11.8. The average Bonchev–Trinajstić information content (AvgIpc) is 3.08. The molecule has 0 unspecified atom stereocenters. The Bertz CT molecular complexity index is 605. The van der Waals surface area contributed by atoms with Gasteiger partial charge in [-0.2, -0.15) is 5.10 Å². The SMILES string of the molecule is NC(=S)N1N=C(c2cccs2)C[C@@H]1c1ccccc1. The predicted molar refractivity (Wildman–Crippen MR) is 83.3 cm³/mol. The summed E-state index contributed by atoms with van der Waals surface area (Å²) < 4.78 is 0. The molecule has 1 aliphatic rings. The van der Waals surface area contributed by atoms with Gasteiger partial charge >= 0.3 is 0 Å². The molecule has 0 aliphatic carbocycles. The first kappa shape index (κ1) is 12.3. The van der Waals surface area contributed by atoms with Crippen LogP contribution in [0.2, 0.25) is 0 Å². The fraction of sp³-hybridized carbons (Fsp3) is 0.143. The molecule has 0 fully saturated rings. The van der Waals surface area contributed by atoms with Crippen LogP contribution in [0.25, 0.3) is 0 Å². The van der Waals surface area contributed by atoms with Gasteiger partial charge in [-0.05, 0) is 29.2 Å². The van der Waals surface area contributed by atoms with Gasteiger partial charge in [0.25, 0.3) is 0 Å². The van der Waals surface area contributed by atoms with Gasteiger partial charge in [0.1, 0.15) is 0 Å². The number of nitrogens with two attached hydrogens (primary N) is 1. The fourth-order valence-electron chi connectivity index (χ4n) is 2.24. The van der Waals surface area contributed by atoms with Gasteiger partial charge in [0.2, 0.25) is 0 Å². The van der Waals surface area contributed by atoms with E-state index in [4.69, 9.17) is 18.0 Å². The summed E-state index contributed by atoms with van der Waals surface area (Å²) in [7, 11) is 0. The molecule has 1 aliphatic heterocycles. The minimum absolute atomic E-state index is 0.107. The van der Waals surface area contributed by atoms with Gasteiger partial charge in [-0.3, -0.25) is 0 Å². The van der Waals surface area contributed by atoms with E-state index in [1.165, 1.54) is 10.4 Å². The quantitative estimate of drug-likeness (QED) is 0.863. The van der Waals surface area contributed by atoms with Crippen molar-refractivity contribution in [3.8, 4) is 0 Å². The molecule has 0 radical (unpaired) electrons. The van der Waals surface area contributed by atoms with Crippen LogP contribution >= 0.6 is 23.6 Å². The number of hydrazone groups is 1. The van der Waals surface area contributed by atoms with Crippen molar-refractivity contribution in [3.05, 3.63) is 58.3 Å². The molecule has 96 valence electrons. The van der Waals surface area contributed by atoms with E-state index in [1.54, 1.807) is 16.3 Å². The van der Waals surface area contributed by atoms with Crippen LogP contribution in [-0.2, 0) is 0 Å². The van der Waals surface area contributed by atoms with Crippen molar-refractivity contribution in [1.29, 1.82) is 0 Å². The van der Waals surface area contributed by atoms with E-state index in [1.807, 2.05) is 24.3 Å². The van der Waals surface area contributed by atoms with Crippen LogP contribution < -0.4 is 5.73 Å². The lowest BCUT2D eigenvalue weighted by Crippen LogP contribution is -2.31. The van der Waals surface area contributed by atoms with Gasteiger partial charge in [-0.25, -0.2) is 5.01 Å². The standard InChI is InChI=1S/C14H13N3S2/c15-14(18)17-12(10-5-2-1-3-6-10)9-11(16-17)13-7-4-8-19-13/h1-8,12H,9H2,(H2,15,18)/t12-/m1/s1. The summed E-state index contributed by atoms with van der Waals surface area (Å²) in [5, 5.41) is 8.71. The van der Waals surface area contributed by atoms with Gasteiger partial charge in [0, 0.05) is 6.42 Å². The van der Waals surface area contributed by atoms with Crippen molar-refractivity contribution in [2.75, 3.05) is 0 Å². The van der Waals surface area contributed by atoms with E-state index in [0.717, 1.165) is 12.1 Å². The van der Waals surface area contributed by atoms with Crippen molar-refractivity contribution in [2.24, 2.45) is 10.8 Å². The van der Waals surface area contributed by atoms with Gasteiger partial charge in [-0.1, -0.05) is 36.4 Å². The fourth-order valence-corrected chi connectivity index (χ4v) is 3.13. The van der Waals surface area contributed by atoms with Crippen LogP contribution in [-0.4, -0.2) is 15.8 Å². The van der Waals surface area contributed by atoms with Crippen LogP contribution in [0.4, 0.5) is 0 Å². The Morgan fingerprint density at radius 2 is 2.05 bits per heavy atom. The van der Waals surface area contributed by atoms with Crippen LogP contribution in [0, 0.1) is 0 Å². The summed E-state index contributed by atoms with van der Waals surface area (Å²) in [5.74, 6) is 0. The second kappa shape index (κ2) is 5.11. The third kappa shape index (κ3) is 2.39. The van der Waals surface area contributed by atoms with Gasteiger partial charge in [-0.15, -0.1) is 11.3 Å². The molecule has 5 heteroatoms. The number of nitrogens with zero attached hydrogens (tertiary/aromatic N) is 2. The first-order chi connectivity index (χ1) is 9.25.